The number of aromatic nitrogens is 2. The van der Waals surface area contributed by atoms with Crippen molar-refractivity contribution in [3.63, 3.8) is 0 Å². The van der Waals surface area contributed by atoms with Crippen molar-refractivity contribution < 1.29 is 14.3 Å². The molecule has 0 radical (unpaired) electrons. The van der Waals surface area contributed by atoms with E-state index < -0.39 is 5.97 Å². The summed E-state index contributed by atoms with van der Waals surface area (Å²) in [4.78, 5) is 11.4. The van der Waals surface area contributed by atoms with Gasteiger partial charge < -0.3 is 9.52 Å². The summed E-state index contributed by atoms with van der Waals surface area (Å²) in [7, 11) is 0. The molecule has 0 aliphatic carbocycles. The largest absolute Gasteiger partial charge is 0.478 e. The monoisotopic (exact) mass is 366 g/mol. The molecule has 0 amide bonds. The summed E-state index contributed by atoms with van der Waals surface area (Å²) in [6, 6.07) is 10.3. The summed E-state index contributed by atoms with van der Waals surface area (Å²) in [6.45, 7) is 0. The summed E-state index contributed by atoms with van der Waals surface area (Å²) in [5, 5.41) is 14.1. The number of carboxylic acids is 1. The van der Waals surface area contributed by atoms with Crippen LogP contribution in [0.25, 0.3) is 17.1 Å². The van der Waals surface area contributed by atoms with Gasteiger partial charge in [-0.15, -0.1) is 0 Å². The average molecular weight is 368 g/mol. The SMILES string of the molecule is O=C(O)c1cn(-c2cccc(Cl)c2)nc1-c1ccc(Br)o1. The third-order valence-electron chi connectivity index (χ3n) is 2.82. The van der Waals surface area contributed by atoms with E-state index >= 15 is 0 Å². The zero-order valence-electron chi connectivity index (χ0n) is 10.5. The van der Waals surface area contributed by atoms with Crippen molar-refractivity contribution in [1.29, 1.82) is 0 Å². The van der Waals surface area contributed by atoms with Crippen LogP contribution in [0.5, 0.6) is 0 Å². The maximum absolute atomic E-state index is 11.4. The molecule has 3 aromatic rings. The Hall–Kier alpha value is -2.05. The predicted molar refractivity (Wildman–Crippen MR) is 80.9 cm³/mol. The Balaban J connectivity index is 2.15. The van der Waals surface area contributed by atoms with Crippen molar-refractivity contribution in [3.8, 4) is 17.1 Å². The van der Waals surface area contributed by atoms with E-state index in [1.807, 2.05) is 0 Å². The van der Waals surface area contributed by atoms with Crippen molar-refractivity contribution in [2.24, 2.45) is 0 Å². The summed E-state index contributed by atoms with van der Waals surface area (Å²) >= 11 is 9.13. The van der Waals surface area contributed by atoms with Crippen LogP contribution in [0.15, 0.2) is 51.7 Å². The van der Waals surface area contributed by atoms with Crippen LogP contribution >= 0.6 is 27.5 Å². The molecule has 1 N–H and O–H groups in total. The lowest BCUT2D eigenvalue weighted by Gasteiger charge is -2.00. The van der Waals surface area contributed by atoms with Gasteiger partial charge in [-0.3, -0.25) is 0 Å². The van der Waals surface area contributed by atoms with Crippen LogP contribution in [0.1, 0.15) is 10.4 Å². The van der Waals surface area contributed by atoms with Crippen LogP contribution < -0.4 is 0 Å². The van der Waals surface area contributed by atoms with E-state index in [-0.39, 0.29) is 11.3 Å². The minimum atomic E-state index is -1.08. The van der Waals surface area contributed by atoms with Gasteiger partial charge in [-0.1, -0.05) is 17.7 Å². The molecule has 0 fully saturated rings. The molecule has 0 aliphatic rings. The van der Waals surface area contributed by atoms with E-state index in [1.165, 1.54) is 10.9 Å². The van der Waals surface area contributed by atoms with Crippen molar-refractivity contribution in [3.05, 3.63) is 57.9 Å². The molecule has 0 saturated carbocycles. The maximum Gasteiger partial charge on any atom is 0.339 e. The lowest BCUT2D eigenvalue weighted by molar-refractivity contribution is 0.0697. The molecule has 0 saturated heterocycles. The third-order valence-corrected chi connectivity index (χ3v) is 3.49. The lowest BCUT2D eigenvalue weighted by Crippen LogP contribution is -1.96. The Bertz CT molecular complexity index is 825. The number of furan rings is 1. The minimum absolute atomic E-state index is 0.0526. The highest BCUT2D eigenvalue weighted by Gasteiger charge is 2.20. The van der Waals surface area contributed by atoms with Gasteiger partial charge in [0.25, 0.3) is 0 Å². The molecule has 0 atom stereocenters. The second-order valence-electron chi connectivity index (χ2n) is 4.22. The fraction of sp³-hybridized carbons (Fsp3) is 0. The lowest BCUT2D eigenvalue weighted by atomic mass is 10.2. The number of rotatable bonds is 3. The average Bonchev–Trinajstić information content (AvgIpc) is 3.04. The first-order chi connectivity index (χ1) is 10.0. The predicted octanol–water partition coefficient (Wildman–Crippen LogP) is 4.25. The molecule has 0 aliphatic heterocycles. The van der Waals surface area contributed by atoms with E-state index in [1.54, 1.807) is 36.4 Å². The number of nitrogens with zero attached hydrogens (tertiary/aromatic N) is 2. The molecule has 0 bridgehead atoms. The molecule has 21 heavy (non-hydrogen) atoms. The van der Waals surface area contributed by atoms with Crippen molar-refractivity contribution in [2.45, 2.75) is 0 Å². The minimum Gasteiger partial charge on any atom is -0.478 e. The van der Waals surface area contributed by atoms with Gasteiger partial charge in [0.2, 0.25) is 0 Å². The summed E-state index contributed by atoms with van der Waals surface area (Å²) in [5.41, 5.74) is 0.979. The van der Waals surface area contributed by atoms with Gasteiger partial charge in [-0.2, -0.15) is 5.10 Å². The Labute approximate surface area is 132 Å². The van der Waals surface area contributed by atoms with Gasteiger partial charge in [0.05, 0.1) is 5.69 Å². The summed E-state index contributed by atoms with van der Waals surface area (Å²) < 4.78 is 7.35. The maximum atomic E-state index is 11.4. The van der Waals surface area contributed by atoms with E-state index in [2.05, 4.69) is 21.0 Å². The third kappa shape index (κ3) is 2.72. The molecule has 1 aromatic carbocycles. The zero-order chi connectivity index (χ0) is 15.0. The highest BCUT2D eigenvalue weighted by molar-refractivity contribution is 9.10. The highest BCUT2D eigenvalue weighted by atomic mass is 79.9. The molecule has 106 valence electrons. The van der Waals surface area contributed by atoms with Gasteiger partial charge in [-0.05, 0) is 46.3 Å². The standard InChI is InChI=1S/C14H8BrClN2O3/c15-12-5-4-11(21-12)13-10(14(19)20)7-18(17-13)9-3-1-2-8(16)6-9/h1-7H,(H,19,20). The topological polar surface area (TPSA) is 68.3 Å². The van der Waals surface area contributed by atoms with Gasteiger partial charge in [-0.25, -0.2) is 9.48 Å². The first kappa shape index (κ1) is 13.9. The first-order valence-corrected chi connectivity index (χ1v) is 7.06. The van der Waals surface area contributed by atoms with E-state index in [0.29, 0.717) is 21.1 Å². The highest BCUT2D eigenvalue weighted by Crippen LogP contribution is 2.28. The van der Waals surface area contributed by atoms with Crippen LogP contribution in [0.3, 0.4) is 0 Å². The normalized spacial score (nSPS) is 10.8. The Morgan fingerprint density at radius 1 is 1.33 bits per heavy atom. The van der Waals surface area contributed by atoms with E-state index in [9.17, 15) is 9.90 Å². The number of aromatic carboxylic acids is 1. The van der Waals surface area contributed by atoms with E-state index in [0.717, 1.165) is 0 Å². The number of halogens is 2. The van der Waals surface area contributed by atoms with Crippen LogP contribution in [0.2, 0.25) is 5.02 Å². The number of hydrogen-bond acceptors (Lipinski definition) is 3. The summed E-state index contributed by atoms with van der Waals surface area (Å²) in [6.07, 6.45) is 1.43. The van der Waals surface area contributed by atoms with Gasteiger partial charge in [0.1, 0.15) is 11.3 Å². The first-order valence-electron chi connectivity index (χ1n) is 5.89. The van der Waals surface area contributed by atoms with Gasteiger partial charge in [0, 0.05) is 11.2 Å². The molecule has 2 heterocycles. The Morgan fingerprint density at radius 2 is 2.14 bits per heavy atom. The number of benzene rings is 1. The number of carbonyl (C=O) groups is 1. The molecule has 3 rings (SSSR count). The molecule has 5 nitrogen and oxygen atoms in total. The second kappa shape index (κ2) is 5.38. The molecular weight excluding hydrogens is 360 g/mol. The molecular formula is C14H8BrClN2O3. The van der Waals surface area contributed by atoms with Crippen LogP contribution in [-0.4, -0.2) is 20.9 Å². The van der Waals surface area contributed by atoms with E-state index in [4.69, 9.17) is 16.0 Å². The van der Waals surface area contributed by atoms with Crippen molar-refractivity contribution in [1.82, 2.24) is 9.78 Å². The fourth-order valence-corrected chi connectivity index (χ4v) is 2.40. The zero-order valence-corrected chi connectivity index (χ0v) is 12.8. The quantitative estimate of drug-likeness (QED) is 0.751. The Kier molecular flexibility index (Phi) is 3.57. The molecule has 0 unspecified atom stereocenters. The summed E-state index contributed by atoms with van der Waals surface area (Å²) in [5.74, 6) is -0.703. The molecule has 7 heteroatoms. The van der Waals surface area contributed by atoms with Crippen LogP contribution in [-0.2, 0) is 0 Å². The van der Waals surface area contributed by atoms with Gasteiger partial charge >= 0.3 is 5.97 Å². The Morgan fingerprint density at radius 3 is 2.76 bits per heavy atom. The van der Waals surface area contributed by atoms with Crippen molar-refractivity contribution in [2.75, 3.05) is 0 Å². The number of carboxylic acid groups (broad SMARTS) is 1. The van der Waals surface area contributed by atoms with Crippen LogP contribution in [0, 0.1) is 0 Å². The second-order valence-corrected chi connectivity index (χ2v) is 5.44. The molecule has 0 spiro atoms. The van der Waals surface area contributed by atoms with Crippen molar-refractivity contribution >= 4 is 33.5 Å². The fourth-order valence-electron chi connectivity index (χ4n) is 1.90. The van der Waals surface area contributed by atoms with Gasteiger partial charge in [0.15, 0.2) is 10.4 Å². The molecule has 2 aromatic heterocycles. The number of hydrogen-bond donors (Lipinski definition) is 1. The smallest absolute Gasteiger partial charge is 0.339 e. The van der Waals surface area contributed by atoms with Crippen LogP contribution in [0.4, 0.5) is 0 Å².